The van der Waals surface area contributed by atoms with Crippen LogP contribution in [0.25, 0.3) is 11.2 Å². The van der Waals surface area contributed by atoms with Gasteiger partial charge in [0.25, 0.3) is 0 Å². The molecule has 0 saturated heterocycles. The Bertz CT molecular complexity index is 1320. The predicted molar refractivity (Wildman–Crippen MR) is 142 cm³/mol. The highest BCUT2D eigenvalue weighted by Crippen LogP contribution is 2.38. The second-order valence-corrected chi connectivity index (χ2v) is 10.8. The molecule has 3 heterocycles. The van der Waals surface area contributed by atoms with Crippen LogP contribution in [0.5, 0.6) is 0 Å². The fourth-order valence-corrected chi connectivity index (χ4v) is 5.60. The Morgan fingerprint density at radius 1 is 1.18 bits per heavy atom. The zero-order chi connectivity index (χ0) is 26.9. The number of nitrogens with zero attached hydrogens (tertiary/aromatic N) is 5. The molecule has 2 aliphatic carbocycles. The van der Waals surface area contributed by atoms with Crippen molar-refractivity contribution in [2.75, 3.05) is 5.32 Å². The number of imidazole rings is 1. The van der Waals surface area contributed by atoms with Crippen molar-refractivity contribution < 1.29 is 14.3 Å². The van der Waals surface area contributed by atoms with E-state index in [0.717, 1.165) is 38.5 Å². The maximum Gasteiger partial charge on any atom is 0.410 e. The maximum absolute atomic E-state index is 16.7. The van der Waals surface area contributed by atoms with Gasteiger partial charge in [0.2, 0.25) is 5.67 Å². The highest BCUT2D eigenvalue weighted by atomic mass is 19.1. The molecule has 5 rings (SSSR count). The molecule has 11 heteroatoms. The van der Waals surface area contributed by atoms with Crippen LogP contribution in [0.1, 0.15) is 82.6 Å². The van der Waals surface area contributed by atoms with Crippen LogP contribution >= 0.6 is 0 Å². The SMILES string of the molecule is C[C@@H](Nc1nc(C(=N)NC(=O)O)nc2nc(C(C)(F)c3ccccn3)n(CC3CCCCC3)c12)C1CCC1. The number of halogens is 1. The number of fused-ring (bicyclic) bond motifs is 1. The van der Waals surface area contributed by atoms with Gasteiger partial charge >= 0.3 is 6.09 Å². The number of aromatic nitrogens is 5. The first-order chi connectivity index (χ1) is 18.2. The van der Waals surface area contributed by atoms with E-state index in [1.54, 1.807) is 24.4 Å². The van der Waals surface area contributed by atoms with Crippen molar-refractivity contribution in [2.24, 2.45) is 11.8 Å². The van der Waals surface area contributed by atoms with Gasteiger partial charge < -0.3 is 15.0 Å². The molecule has 202 valence electrons. The molecule has 4 N–H and O–H groups in total. The third kappa shape index (κ3) is 5.19. The van der Waals surface area contributed by atoms with Gasteiger partial charge in [0.05, 0.1) is 5.69 Å². The summed E-state index contributed by atoms with van der Waals surface area (Å²) in [6, 6.07) is 5.22. The predicted octanol–water partition coefficient (Wildman–Crippen LogP) is 5.23. The molecule has 3 aromatic rings. The fourth-order valence-electron chi connectivity index (χ4n) is 5.60. The van der Waals surface area contributed by atoms with E-state index in [0.29, 0.717) is 29.7 Å². The van der Waals surface area contributed by atoms with E-state index >= 15 is 4.39 Å². The minimum Gasteiger partial charge on any atom is -0.465 e. The Morgan fingerprint density at radius 3 is 2.58 bits per heavy atom. The number of alkyl halides is 1. The summed E-state index contributed by atoms with van der Waals surface area (Å²) in [5.41, 5.74) is -0.976. The Balaban J connectivity index is 1.68. The summed E-state index contributed by atoms with van der Waals surface area (Å²) in [6.07, 6.45) is 9.18. The first kappa shape index (κ1) is 26.0. The number of amidine groups is 1. The van der Waals surface area contributed by atoms with Crippen LogP contribution in [0, 0.1) is 17.2 Å². The molecule has 10 nitrogen and oxygen atoms in total. The van der Waals surface area contributed by atoms with Crippen LogP contribution in [-0.4, -0.2) is 47.6 Å². The summed E-state index contributed by atoms with van der Waals surface area (Å²) < 4.78 is 18.6. The monoisotopic (exact) mass is 522 g/mol. The van der Waals surface area contributed by atoms with Gasteiger partial charge in [0.15, 0.2) is 28.9 Å². The number of carboxylic acid groups (broad SMARTS) is 1. The molecule has 0 bridgehead atoms. The molecule has 0 spiro atoms. The van der Waals surface area contributed by atoms with Gasteiger partial charge in [0.1, 0.15) is 5.52 Å². The van der Waals surface area contributed by atoms with E-state index in [2.05, 4.69) is 32.2 Å². The van der Waals surface area contributed by atoms with E-state index in [1.165, 1.54) is 19.8 Å². The number of carbonyl (C=O) groups is 1. The quantitative estimate of drug-likeness (QED) is 0.234. The zero-order valence-electron chi connectivity index (χ0n) is 21.9. The van der Waals surface area contributed by atoms with Gasteiger partial charge in [-0.2, -0.15) is 0 Å². The lowest BCUT2D eigenvalue weighted by molar-refractivity contribution is 0.200. The molecular formula is C27H35FN8O2. The zero-order valence-corrected chi connectivity index (χ0v) is 21.9. The smallest absolute Gasteiger partial charge is 0.410 e. The highest BCUT2D eigenvalue weighted by molar-refractivity contribution is 6.03. The van der Waals surface area contributed by atoms with Crippen molar-refractivity contribution in [3.63, 3.8) is 0 Å². The van der Waals surface area contributed by atoms with Crippen LogP contribution in [0.2, 0.25) is 0 Å². The van der Waals surface area contributed by atoms with E-state index in [4.69, 9.17) is 10.5 Å². The van der Waals surface area contributed by atoms with Crippen LogP contribution in [0.3, 0.4) is 0 Å². The second-order valence-electron chi connectivity index (χ2n) is 10.8. The summed E-state index contributed by atoms with van der Waals surface area (Å²) in [5, 5.41) is 22.9. The first-order valence-electron chi connectivity index (χ1n) is 13.5. The minimum atomic E-state index is -2.01. The van der Waals surface area contributed by atoms with Gasteiger partial charge in [-0.1, -0.05) is 31.7 Å². The molecular weight excluding hydrogens is 487 g/mol. The first-order valence-corrected chi connectivity index (χ1v) is 13.5. The number of amides is 1. The van der Waals surface area contributed by atoms with Crippen LogP contribution in [-0.2, 0) is 12.2 Å². The lowest BCUT2D eigenvalue weighted by Gasteiger charge is -2.32. The molecule has 38 heavy (non-hydrogen) atoms. The van der Waals surface area contributed by atoms with E-state index in [1.807, 2.05) is 9.88 Å². The molecule has 2 atom stereocenters. The Labute approximate surface area is 221 Å². The van der Waals surface area contributed by atoms with Crippen molar-refractivity contribution in [1.82, 2.24) is 29.8 Å². The van der Waals surface area contributed by atoms with Crippen molar-refractivity contribution >= 4 is 28.9 Å². The van der Waals surface area contributed by atoms with Crippen molar-refractivity contribution in [3.05, 3.63) is 41.7 Å². The summed E-state index contributed by atoms with van der Waals surface area (Å²) >= 11 is 0. The minimum absolute atomic E-state index is 0.0883. The summed E-state index contributed by atoms with van der Waals surface area (Å²) in [4.78, 5) is 29.2. The highest BCUT2D eigenvalue weighted by Gasteiger charge is 2.38. The third-order valence-electron chi connectivity index (χ3n) is 8.01. The summed E-state index contributed by atoms with van der Waals surface area (Å²) in [6.45, 7) is 4.12. The van der Waals surface area contributed by atoms with Gasteiger partial charge in [-0.05, 0) is 63.5 Å². The average molecular weight is 523 g/mol. The Hall–Kier alpha value is -3.63. The largest absolute Gasteiger partial charge is 0.465 e. The van der Waals surface area contributed by atoms with Crippen molar-refractivity contribution in [2.45, 2.75) is 83.5 Å². The molecule has 0 radical (unpaired) electrons. The number of hydrogen-bond donors (Lipinski definition) is 4. The van der Waals surface area contributed by atoms with E-state index in [9.17, 15) is 4.79 Å². The normalized spacial score (nSPS) is 18.9. The molecule has 3 aromatic heterocycles. The average Bonchev–Trinajstić information content (AvgIpc) is 3.23. The standard InChI is InChI=1S/C27H35FN8O2/c1-16(18-11-8-12-18)31-22-20-23(34-24(33-22)21(29)32-26(37)38)35-25(27(2,28)19-13-6-7-14-30-19)36(20)15-17-9-4-3-5-10-17/h6-7,13-14,16-18H,3-5,8-12,15H2,1-2H3,(H2,29,32)(H,37,38)(H,31,33,34)/t16-,27?/m1/s1. The van der Waals surface area contributed by atoms with Gasteiger partial charge in [-0.3, -0.25) is 15.7 Å². The van der Waals surface area contributed by atoms with E-state index < -0.39 is 17.6 Å². The number of rotatable bonds is 8. The second kappa shape index (κ2) is 10.6. The number of pyridine rings is 1. The van der Waals surface area contributed by atoms with Crippen molar-refractivity contribution in [1.29, 1.82) is 5.41 Å². The fraction of sp³-hybridized carbons (Fsp3) is 0.556. The number of nitrogens with one attached hydrogen (secondary N) is 3. The molecule has 2 fully saturated rings. The molecule has 0 aromatic carbocycles. The van der Waals surface area contributed by atoms with Gasteiger partial charge in [-0.15, -0.1) is 0 Å². The van der Waals surface area contributed by atoms with Crippen molar-refractivity contribution in [3.8, 4) is 0 Å². The molecule has 2 saturated carbocycles. The molecule has 1 unspecified atom stereocenters. The van der Waals surface area contributed by atoms with Crippen LogP contribution in [0.15, 0.2) is 24.4 Å². The van der Waals surface area contributed by atoms with Gasteiger partial charge in [0, 0.05) is 18.8 Å². The van der Waals surface area contributed by atoms with Gasteiger partial charge in [-0.25, -0.2) is 24.1 Å². The Kier molecular flexibility index (Phi) is 7.27. The third-order valence-corrected chi connectivity index (χ3v) is 8.01. The van der Waals surface area contributed by atoms with Crippen LogP contribution < -0.4 is 10.6 Å². The lowest BCUT2D eigenvalue weighted by atomic mass is 9.80. The number of anilines is 1. The molecule has 0 aliphatic heterocycles. The Morgan fingerprint density at radius 2 is 1.95 bits per heavy atom. The lowest BCUT2D eigenvalue weighted by Crippen LogP contribution is -2.33. The van der Waals surface area contributed by atoms with Crippen LogP contribution in [0.4, 0.5) is 15.0 Å². The number of hydrogen-bond acceptors (Lipinski definition) is 7. The van der Waals surface area contributed by atoms with E-state index in [-0.39, 0.29) is 29.0 Å². The molecule has 2 aliphatic rings. The summed E-state index contributed by atoms with van der Waals surface area (Å²) in [5.74, 6) is 0.885. The maximum atomic E-state index is 16.7. The summed E-state index contributed by atoms with van der Waals surface area (Å²) in [7, 11) is 0. The molecule has 1 amide bonds. The topological polar surface area (TPSA) is 142 Å².